The van der Waals surface area contributed by atoms with Crippen LogP contribution in [0.1, 0.15) is 11.6 Å². The highest BCUT2D eigenvalue weighted by molar-refractivity contribution is 5.99. The number of carbonyl (C=O) groups is 4. The van der Waals surface area contributed by atoms with Crippen molar-refractivity contribution in [3.63, 3.8) is 0 Å². The van der Waals surface area contributed by atoms with Crippen molar-refractivity contribution in [2.45, 2.75) is 24.6 Å². The Morgan fingerprint density at radius 3 is 1.67 bits per heavy atom. The minimum atomic E-state index is -5.08. The van der Waals surface area contributed by atoms with Gasteiger partial charge in [0.2, 0.25) is 5.91 Å². The third-order valence-electron chi connectivity index (χ3n) is 5.74. The molecule has 0 radical (unpaired) electrons. The predicted octanol–water partition coefficient (Wildman–Crippen LogP) is 4.73. The number of anilines is 2. The Kier molecular flexibility index (Phi) is 15.8. The number of nitrogens with two attached hydrogens (primary N) is 1. The Labute approximate surface area is 277 Å². The number of carboxylic acid groups (broad SMARTS) is 3. The molecule has 0 unspecified atom stereocenters. The van der Waals surface area contributed by atoms with Crippen molar-refractivity contribution < 1.29 is 87.5 Å². The Morgan fingerprint density at radius 2 is 1.27 bits per heavy atom. The number of amides is 1. The van der Waals surface area contributed by atoms with E-state index in [2.05, 4.69) is 15.5 Å². The molecule has 1 aromatic heterocycles. The summed E-state index contributed by atoms with van der Waals surface area (Å²) in [5.41, 5.74) is 8.43. The number of alkyl halides is 9. The standard InChI is InChI=1S/C21H21F2N5O2.3C2HF3O2/c22-15-3-1-13(2-4-15)20(24)21(29)27-18-10-17(23)16(14-11-25-26-12-14)9-19(18)28-5-7-30-8-6-28;3*3-2(4,5)1(6)7/h1-4,9-12,20H,5-8,24H2,(H,25,26)(H,27,29);3*(H,6,7)/t20-;;;/m1.../s1. The maximum Gasteiger partial charge on any atom is 0.490 e. The highest BCUT2D eigenvalue weighted by atomic mass is 19.4. The van der Waals surface area contributed by atoms with E-state index in [-0.39, 0.29) is 0 Å². The lowest BCUT2D eigenvalue weighted by atomic mass is 10.0. The van der Waals surface area contributed by atoms with E-state index >= 15 is 0 Å². The van der Waals surface area contributed by atoms with E-state index in [1.54, 1.807) is 12.3 Å². The van der Waals surface area contributed by atoms with E-state index in [4.69, 9.17) is 40.2 Å². The highest BCUT2D eigenvalue weighted by Crippen LogP contribution is 2.35. The average molecular weight is 755 g/mol. The number of rotatable bonds is 5. The fourth-order valence-corrected chi connectivity index (χ4v) is 3.38. The van der Waals surface area contributed by atoms with Crippen LogP contribution in [0.4, 0.5) is 59.7 Å². The molecule has 1 atom stereocenters. The molecule has 51 heavy (non-hydrogen) atoms. The molecule has 2 aromatic carbocycles. The van der Waals surface area contributed by atoms with E-state index in [1.165, 1.54) is 36.5 Å². The predicted molar refractivity (Wildman–Crippen MR) is 150 cm³/mol. The summed E-state index contributed by atoms with van der Waals surface area (Å²) in [6.07, 6.45) is -12.1. The summed E-state index contributed by atoms with van der Waals surface area (Å²) in [5, 5.41) is 30.7. The van der Waals surface area contributed by atoms with Gasteiger partial charge in [-0.3, -0.25) is 9.89 Å². The monoisotopic (exact) mass is 755 g/mol. The maximum absolute atomic E-state index is 14.9. The lowest BCUT2D eigenvalue weighted by Crippen LogP contribution is -2.37. The fourth-order valence-electron chi connectivity index (χ4n) is 3.38. The Bertz CT molecular complexity index is 1550. The first-order valence-corrected chi connectivity index (χ1v) is 13.2. The van der Waals surface area contributed by atoms with Crippen LogP contribution >= 0.6 is 0 Å². The maximum atomic E-state index is 14.9. The number of aromatic nitrogens is 2. The zero-order valence-corrected chi connectivity index (χ0v) is 25.0. The SMILES string of the molecule is N[C@@H](C(=O)Nc1cc(F)c(-c2cn[nH]c2)cc1N1CCOCC1)c1ccc(F)cc1.O=C(O)C(F)(F)F.O=C(O)C(F)(F)F.O=C(O)C(F)(F)F. The zero-order chi connectivity index (χ0) is 39.3. The second kappa shape index (κ2) is 18.5. The van der Waals surface area contributed by atoms with Crippen molar-refractivity contribution in [3.05, 3.63) is 66.0 Å². The van der Waals surface area contributed by atoms with E-state index in [0.717, 1.165) is 0 Å². The van der Waals surface area contributed by atoms with Crippen LogP contribution in [0.2, 0.25) is 0 Å². The number of ether oxygens (including phenoxy) is 1. The molecule has 0 saturated carbocycles. The van der Waals surface area contributed by atoms with Crippen molar-refractivity contribution in [2.75, 3.05) is 36.5 Å². The first-order valence-electron chi connectivity index (χ1n) is 13.2. The second-order valence-corrected chi connectivity index (χ2v) is 9.36. The molecular weight excluding hydrogens is 731 g/mol. The van der Waals surface area contributed by atoms with Crippen LogP contribution in [0.5, 0.6) is 0 Å². The van der Waals surface area contributed by atoms with Crippen LogP contribution in [0.3, 0.4) is 0 Å². The van der Waals surface area contributed by atoms with E-state index in [1.807, 2.05) is 4.90 Å². The first kappa shape index (κ1) is 43.5. The zero-order valence-electron chi connectivity index (χ0n) is 25.0. The number of hydrogen-bond acceptors (Lipinski definition) is 8. The molecule has 0 bridgehead atoms. The summed E-state index contributed by atoms with van der Waals surface area (Å²) in [7, 11) is 0. The van der Waals surface area contributed by atoms with Crippen LogP contribution in [0, 0.1) is 11.6 Å². The molecule has 2 heterocycles. The number of benzene rings is 2. The van der Waals surface area contributed by atoms with Gasteiger partial charge in [0.1, 0.15) is 17.7 Å². The van der Waals surface area contributed by atoms with Crippen molar-refractivity contribution in [3.8, 4) is 11.1 Å². The summed E-state index contributed by atoms with van der Waals surface area (Å²) in [6.45, 7) is 2.26. The van der Waals surface area contributed by atoms with Gasteiger partial charge in [0.05, 0.1) is 30.8 Å². The van der Waals surface area contributed by atoms with Gasteiger partial charge in [-0.2, -0.15) is 44.6 Å². The second-order valence-electron chi connectivity index (χ2n) is 9.36. The molecule has 1 aliphatic rings. The number of carbonyl (C=O) groups excluding carboxylic acids is 1. The minimum Gasteiger partial charge on any atom is -0.475 e. The van der Waals surface area contributed by atoms with Crippen molar-refractivity contribution in [1.29, 1.82) is 0 Å². The third-order valence-corrected chi connectivity index (χ3v) is 5.74. The number of nitrogens with one attached hydrogen (secondary N) is 2. The van der Waals surface area contributed by atoms with Gasteiger partial charge in [0.15, 0.2) is 0 Å². The number of halogens is 11. The van der Waals surface area contributed by atoms with Gasteiger partial charge in [-0.05, 0) is 23.8 Å². The largest absolute Gasteiger partial charge is 0.490 e. The van der Waals surface area contributed by atoms with Gasteiger partial charge in [-0.1, -0.05) is 12.1 Å². The fraction of sp³-hybridized carbons (Fsp3) is 0.296. The van der Waals surface area contributed by atoms with Gasteiger partial charge in [0, 0.05) is 36.5 Å². The molecule has 4 rings (SSSR count). The number of H-pyrrole nitrogens is 1. The number of aromatic amines is 1. The molecule has 1 amide bonds. The lowest BCUT2D eigenvalue weighted by Gasteiger charge is -2.31. The molecule has 1 aliphatic heterocycles. The van der Waals surface area contributed by atoms with Crippen LogP contribution in [-0.2, 0) is 23.9 Å². The van der Waals surface area contributed by atoms with Crippen molar-refractivity contribution >= 4 is 35.2 Å². The summed E-state index contributed by atoms with van der Waals surface area (Å²) < 4.78 is 129. The molecule has 282 valence electrons. The topological polar surface area (TPSA) is 208 Å². The normalized spacial score (nSPS) is 13.5. The number of carboxylic acids is 3. The van der Waals surface area contributed by atoms with E-state index in [0.29, 0.717) is 54.4 Å². The van der Waals surface area contributed by atoms with Crippen molar-refractivity contribution in [2.24, 2.45) is 5.73 Å². The molecule has 0 spiro atoms. The van der Waals surface area contributed by atoms with Crippen LogP contribution in [0.25, 0.3) is 11.1 Å². The summed E-state index contributed by atoms with van der Waals surface area (Å²) in [4.78, 5) is 41.5. The van der Waals surface area contributed by atoms with Crippen LogP contribution < -0.4 is 16.0 Å². The highest BCUT2D eigenvalue weighted by Gasteiger charge is 2.39. The molecule has 13 nitrogen and oxygen atoms in total. The Balaban J connectivity index is 0.000000505. The molecule has 1 fully saturated rings. The van der Waals surface area contributed by atoms with E-state index < -0.39 is 60.0 Å². The van der Waals surface area contributed by atoms with Gasteiger partial charge >= 0.3 is 36.4 Å². The average Bonchev–Trinajstić information content (AvgIpc) is 3.56. The molecule has 1 saturated heterocycles. The van der Waals surface area contributed by atoms with Gasteiger partial charge in [0.25, 0.3) is 0 Å². The summed E-state index contributed by atoms with van der Waals surface area (Å²) >= 11 is 0. The molecule has 7 N–H and O–H groups in total. The van der Waals surface area contributed by atoms with E-state index in [9.17, 15) is 53.1 Å². The quantitative estimate of drug-likeness (QED) is 0.196. The number of morpholine rings is 1. The molecule has 3 aromatic rings. The number of aliphatic carboxylic acids is 3. The van der Waals surface area contributed by atoms with Gasteiger partial charge < -0.3 is 36.0 Å². The molecule has 24 heteroatoms. The van der Waals surface area contributed by atoms with Crippen molar-refractivity contribution in [1.82, 2.24) is 10.2 Å². The number of nitrogens with zero attached hydrogens (tertiary/aromatic N) is 2. The third kappa shape index (κ3) is 14.9. The summed E-state index contributed by atoms with van der Waals surface area (Å²) in [5.74, 6) is -9.71. The van der Waals surface area contributed by atoms with Gasteiger partial charge in [-0.25, -0.2) is 23.2 Å². The summed E-state index contributed by atoms with van der Waals surface area (Å²) in [6, 6.07) is 7.31. The number of hydrogen-bond donors (Lipinski definition) is 6. The van der Waals surface area contributed by atoms with Crippen LogP contribution in [0.15, 0.2) is 48.8 Å². The smallest absolute Gasteiger partial charge is 0.475 e. The van der Waals surface area contributed by atoms with Crippen LogP contribution in [-0.4, -0.2) is 94.2 Å². The lowest BCUT2D eigenvalue weighted by molar-refractivity contribution is -0.193. The van der Waals surface area contributed by atoms with Gasteiger partial charge in [-0.15, -0.1) is 0 Å². The molecule has 0 aliphatic carbocycles. The Morgan fingerprint density at radius 1 is 0.824 bits per heavy atom. The first-order chi connectivity index (χ1) is 23.4. The Hall–Kier alpha value is -5.52. The molecular formula is C27H24F11N5O8. The minimum absolute atomic E-state index is 0.309.